The monoisotopic (exact) mass is 291 g/mol. The van der Waals surface area contributed by atoms with Crippen molar-refractivity contribution in [3.63, 3.8) is 0 Å². The van der Waals surface area contributed by atoms with Crippen molar-refractivity contribution in [1.82, 2.24) is 4.98 Å². The maximum atomic E-state index is 5.89. The summed E-state index contributed by atoms with van der Waals surface area (Å²) in [5.41, 5.74) is 1.11. The zero-order chi connectivity index (χ0) is 12.5. The van der Waals surface area contributed by atoms with Crippen molar-refractivity contribution >= 4 is 34.3 Å². The average Bonchev–Trinajstić information content (AvgIpc) is 2.98. The molecule has 3 rings (SSSR count). The Kier molecular flexibility index (Phi) is 3.20. The fraction of sp³-hybridized carbons (Fsp3) is 0.0714. The van der Waals surface area contributed by atoms with Crippen LogP contribution in [-0.2, 0) is 0 Å². The van der Waals surface area contributed by atoms with E-state index in [1.165, 1.54) is 14.6 Å². The van der Waals surface area contributed by atoms with Crippen molar-refractivity contribution < 1.29 is 0 Å². The summed E-state index contributed by atoms with van der Waals surface area (Å²) >= 11 is 9.40. The van der Waals surface area contributed by atoms with E-state index in [1.54, 1.807) is 22.7 Å². The molecular formula is C14H10ClNS2. The van der Waals surface area contributed by atoms with E-state index in [4.69, 9.17) is 11.6 Å². The average molecular weight is 292 g/mol. The Morgan fingerprint density at radius 1 is 0.944 bits per heavy atom. The van der Waals surface area contributed by atoms with Gasteiger partial charge in [-0.2, -0.15) is 0 Å². The topological polar surface area (TPSA) is 12.9 Å². The minimum atomic E-state index is 0.754. The molecule has 2 aromatic heterocycles. The molecule has 0 unspecified atom stereocenters. The lowest BCUT2D eigenvalue weighted by Gasteiger charge is -1.95. The first-order valence-corrected chi connectivity index (χ1v) is 7.52. The largest absolute Gasteiger partial charge is 0.244 e. The highest BCUT2D eigenvalue weighted by atomic mass is 35.5. The van der Waals surface area contributed by atoms with Crippen LogP contribution in [0.4, 0.5) is 0 Å². The summed E-state index contributed by atoms with van der Waals surface area (Å²) in [5.74, 6) is 0. The number of aromatic nitrogens is 1. The van der Waals surface area contributed by atoms with Gasteiger partial charge in [-0.05, 0) is 31.2 Å². The van der Waals surface area contributed by atoms with Gasteiger partial charge in [-0.3, -0.25) is 0 Å². The second-order valence-electron chi connectivity index (χ2n) is 3.95. The van der Waals surface area contributed by atoms with Gasteiger partial charge in [0.2, 0.25) is 0 Å². The molecule has 0 aliphatic heterocycles. The summed E-state index contributed by atoms with van der Waals surface area (Å²) < 4.78 is 0. The molecule has 0 bridgehead atoms. The molecule has 0 amide bonds. The Morgan fingerprint density at radius 3 is 2.39 bits per heavy atom. The van der Waals surface area contributed by atoms with E-state index in [2.05, 4.69) is 24.0 Å². The highest BCUT2D eigenvalue weighted by Crippen LogP contribution is 2.35. The number of nitrogens with zero attached hydrogens (tertiary/aromatic N) is 1. The summed E-state index contributed by atoms with van der Waals surface area (Å²) in [7, 11) is 0. The van der Waals surface area contributed by atoms with Gasteiger partial charge in [0.1, 0.15) is 5.01 Å². The van der Waals surface area contributed by atoms with Crippen molar-refractivity contribution in [1.29, 1.82) is 0 Å². The number of rotatable bonds is 2. The predicted octanol–water partition coefficient (Wildman–Crippen LogP) is 5.50. The van der Waals surface area contributed by atoms with Gasteiger partial charge in [-0.15, -0.1) is 22.7 Å². The quantitative estimate of drug-likeness (QED) is 0.607. The molecule has 0 saturated carbocycles. The second kappa shape index (κ2) is 4.84. The highest BCUT2D eigenvalue weighted by molar-refractivity contribution is 7.23. The van der Waals surface area contributed by atoms with E-state index in [0.717, 1.165) is 15.6 Å². The molecule has 0 fully saturated rings. The van der Waals surface area contributed by atoms with Crippen molar-refractivity contribution in [3.8, 4) is 20.3 Å². The first-order chi connectivity index (χ1) is 8.72. The molecule has 2 heterocycles. The fourth-order valence-electron chi connectivity index (χ4n) is 1.68. The predicted molar refractivity (Wildman–Crippen MR) is 80.6 cm³/mol. The molecule has 3 aromatic rings. The zero-order valence-electron chi connectivity index (χ0n) is 9.68. The number of halogens is 1. The number of thiophene rings is 1. The Labute approximate surface area is 119 Å². The molecule has 0 spiro atoms. The van der Waals surface area contributed by atoms with Crippen LogP contribution in [0.3, 0.4) is 0 Å². The second-order valence-corrected chi connectivity index (χ2v) is 6.70. The van der Waals surface area contributed by atoms with Crippen LogP contribution in [0.1, 0.15) is 4.88 Å². The minimum Gasteiger partial charge on any atom is -0.244 e. The maximum absolute atomic E-state index is 5.89. The van der Waals surface area contributed by atoms with Crippen molar-refractivity contribution in [2.75, 3.05) is 0 Å². The lowest BCUT2D eigenvalue weighted by molar-refractivity contribution is 1.42. The Bertz CT molecular complexity index is 667. The molecule has 18 heavy (non-hydrogen) atoms. The molecule has 0 aliphatic rings. The van der Waals surface area contributed by atoms with Gasteiger partial charge in [0.25, 0.3) is 0 Å². The molecule has 4 heteroatoms. The third kappa shape index (κ3) is 2.34. The molecule has 0 N–H and O–H groups in total. The van der Waals surface area contributed by atoms with Crippen molar-refractivity contribution in [2.45, 2.75) is 6.92 Å². The van der Waals surface area contributed by atoms with Gasteiger partial charge in [0, 0.05) is 26.5 Å². The number of aryl methyl sites for hydroxylation is 1. The van der Waals surface area contributed by atoms with Crippen LogP contribution in [0.2, 0.25) is 5.02 Å². The number of hydrogen-bond acceptors (Lipinski definition) is 3. The standard InChI is InChI=1S/C14H10ClNS2/c1-9-2-7-12(17-9)13-8-16-14(18-13)10-3-5-11(15)6-4-10/h2-8H,1H3. The van der Waals surface area contributed by atoms with Gasteiger partial charge in [0.05, 0.1) is 4.88 Å². The van der Waals surface area contributed by atoms with Crippen molar-refractivity contribution in [2.24, 2.45) is 0 Å². The van der Waals surface area contributed by atoms with E-state index < -0.39 is 0 Å². The summed E-state index contributed by atoms with van der Waals surface area (Å²) in [6, 6.07) is 12.1. The molecule has 1 nitrogen and oxygen atoms in total. The first kappa shape index (κ1) is 11.9. The molecule has 0 saturated heterocycles. The normalized spacial score (nSPS) is 10.8. The van der Waals surface area contributed by atoms with Crippen LogP contribution >= 0.6 is 34.3 Å². The van der Waals surface area contributed by atoms with Crippen LogP contribution in [-0.4, -0.2) is 4.98 Å². The summed E-state index contributed by atoms with van der Waals surface area (Å²) in [6.07, 6.45) is 1.94. The van der Waals surface area contributed by atoms with Crippen LogP contribution in [0.25, 0.3) is 20.3 Å². The van der Waals surface area contributed by atoms with Gasteiger partial charge in [-0.1, -0.05) is 23.7 Å². The fourth-order valence-corrected chi connectivity index (χ4v) is 3.67. The molecule has 1 aromatic carbocycles. The Morgan fingerprint density at radius 2 is 1.72 bits per heavy atom. The lowest BCUT2D eigenvalue weighted by Crippen LogP contribution is -1.73. The maximum Gasteiger partial charge on any atom is 0.123 e. The van der Waals surface area contributed by atoms with Crippen LogP contribution in [0.15, 0.2) is 42.6 Å². The van der Waals surface area contributed by atoms with E-state index in [-0.39, 0.29) is 0 Å². The van der Waals surface area contributed by atoms with Crippen molar-refractivity contribution in [3.05, 3.63) is 52.5 Å². The summed E-state index contributed by atoms with van der Waals surface area (Å²) in [4.78, 5) is 8.31. The Hall–Kier alpha value is -1.16. The van der Waals surface area contributed by atoms with Gasteiger partial charge in [-0.25, -0.2) is 4.98 Å². The van der Waals surface area contributed by atoms with E-state index in [0.29, 0.717) is 0 Å². The first-order valence-electron chi connectivity index (χ1n) is 5.51. The number of benzene rings is 1. The molecule has 90 valence electrons. The summed E-state index contributed by atoms with van der Waals surface area (Å²) in [5, 5.41) is 1.79. The zero-order valence-corrected chi connectivity index (χ0v) is 12.1. The van der Waals surface area contributed by atoms with E-state index >= 15 is 0 Å². The molecular weight excluding hydrogens is 282 g/mol. The third-order valence-corrected chi connectivity index (χ3v) is 5.07. The van der Waals surface area contributed by atoms with Gasteiger partial charge < -0.3 is 0 Å². The highest BCUT2D eigenvalue weighted by Gasteiger charge is 2.07. The van der Waals surface area contributed by atoms with Gasteiger partial charge in [0.15, 0.2) is 0 Å². The van der Waals surface area contributed by atoms with Crippen LogP contribution in [0.5, 0.6) is 0 Å². The van der Waals surface area contributed by atoms with Crippen LogP contribution < -0.4 is 0 Å². The SMILES string of the molecule is Cc1ccc(-c2cnc(-c3ccc(Cl)cc3)s2)s1. The molecule has 0 aliphatic carbocycles. The van der Waals surface area contributed by atoms with Gasteiger partial charge >= 0.3 is 0 Å². The van der Waals surface area contributed by atoms with Crippen LogP contribution in [0, 0.1) is 6.92 Å². The number of hydrogen-bond donors (Lipinski definition) is 0. The summed E-state index contributed by atoms with van der Waals surface area (Å²) in [6.45, 7) is 2.12. The smallest absolute Gasteiger partial charge is 0.123 e. The molecule has 0 radical (unpaired) electrons. The number of thiazole rings is 1. The lowest BCUT2D eigenvalue weighted by atomic mass is 10.2. The van der Waals surface area contributed by atoms with E-state index in [9.17, 15) is 0 Å². The Balaban J connectivity index is 1.96. The minimum absolute atomic E-state index is 0.754. The third-order valence-electron chi connectivity index (χ3n) is 2.58. The molecule has 0 atom stereocenters. The van der Waals surface area contributed by atoms with E-state index in [1.807, 2.05) is 30.5 Å².